The number of para-hydroxylation sites is 1. The van der Waals surface area contributed by atoms with E-state index in [9.17, 15) is 23.7 Å². The molecule has 4 N–H and O–H groups in total. The number of nitrogens with zero attached hydrogens (tertiary/aromatic N) is 1. The first-order chi connectivity index (χ1) is 14.8. The standard InChI is InChI=1S/C22H34N2O6S/c25-17-11-23-31(28,29)21-8-4-3-7-20(21)30-15-22(9-18(26)19(27)10-22)14-24(13-17)12-16-5-1-2-6-16/h3-4,7-8,16-19,23,25-27H,1-2,5-6,9-15H2/t17-,18-,19+,22?/m0/s1. The van der Waals surface area contributed by atoms with Crippen LogP contribution in [0.3, 0.4) is 0 Å². The summed E-state index contributed by atoms with van der Waals surface area (Å²) in [7, 11) is -3.85. The van der Waals surface area contributed by atoms with E-state index in [0.29, 0.717) is 31.8 Å². The van der Waals surface area contributed by atoms with Gasteiger partial charge in [0.05, 0.1) is 24.9 Å². The van der Waals surface area contributed by atoms with Crippen molar-refractivity contribution >= 4 is 10.0 Å². The summed E-state index contributed by atoms with van der Waals surface area (Å²) in [4.78, 5) is 2.20. The molecule has 1 heterocycles. The monoisotopic (exact) mass is 454 g/mol. The van der Waals surface area contributed by atoms with E-state index in [2.05, 4.69) is 9.62 Å². The summed E-state index contributed by atoms with van der Waals surface area (Å²) in [6.07, 6.45) is 2.94. The van der Waals surface area contributed by atoms with E-state index in [1.54, 1.807) is 18.2 Å². The number of ether oxygens (including phenoxy) is 1. The van der Waals surface area contributed by atoms with Crippen molar-refractivity contribution in [1.82, 2.24) is 9.62 Å². The molecule has 0 bridgehead atoms. The van der Waals surface area contributed by atoms with Gasteiger partial charge in [0.15, 0.2) is 0 Å². The molecule has 2 saturated carbocycles. The van der Waals surface area contributed by atoms with Crippen molar-refractivity contribution in [3.8, 4) is 5.75 Å². The van der Waals surface area contributed by atoms with Crippen LogP contribution >= 0.6 is 0 Å². The third-order valence-corrected chi connectivity index (χ3v) is 8.39. The van der Waals surface area contributed by atoms with Crippen molar-refractivity contribution in [3.63, 3.8) is 0 Å². The fourth-order valence-corrected chi connectivity index (χ4v) is 6.66. The molecule has 0 radical (unpaired) electrons. The van der Waals surface area contributed by atoms with E-state index in [0.717, 1.165) is 19.4 Å². The van der Waals surface area contributed by atoms with Crippen molar-refractivity contribution in [2.24, 2.45) is 11.3 Å². The summed E-state index contributed by atoms with van der Waals surface area (Å²) in [5, 5.41) is 31.3. The van der Waals surface area contributed by atoms with E-state index in [1.807, 2.05) is 0 Å². The molecule has 1 aromatic carbocycles. The molecule has 4 atom stereocenters. The van der Waals surface area contributed by atoms with E-state index >= 15 is 0 Å². The van der Waals surface area contributed by atoms with E-state index in [4.69, 9.17) is 4.74 Å². The zero-order chi connectivity index (χ0) is 22.1. The Morgan fingerprint density at radius 2 is 1.77 bits per heavy atom. The van der Waals surface area contributed by atoms with Gasteiger partial charge in [0.2, 0.25) is 10.0 Å². The number of hydrogen-bond donors (Lipinski definition) is 4. The third kappa shape index (κ3) is 5.40. The highest BCUT2D eigenvalue weighted by Crippen LogP contribution is 2.41. The third-order valence-electron chi connectivity index (χ3n) is 6.93. The van der Waals surface area contributed by atoms with Crippen molar-refractivity contribution in [3.05, 3.63) is 24.3 Å². The molecule has 1 spiro atoms. The van der Waals surface area contributed by atoms with Gasteiger partial charge in [0.25, 0.3) is 0 Å². The number of β-amino-alcohol motifs (C(OH)–C–C–N with tert-alkyl or cyclic N) is 1. The number of rotatable bonds is 2. The smallest absolute Gasteiger partial charge is 0.244 e. The quantitative estimate of drug-likeness (QED) is 0.520. The van der Waals surface area contributed by atoms with Crippen LogP contribution in [0.15, 0.2) is 29.2 Å². The maximum Gasteiger partial charge on any atom is 0.244 e. The maximum absolute atomic E-state index is 12.8. The minimum Gasteiger partial charge on any atom is -0.492 e. The van der Waals surface area contributed by atoms with Gasteiger partial charge >= 0.3 is 0 Å². The van der Waals surface area contributed by atoms with E-state index in [1.165, 1.54) is 18.9 Å². The molecule has 8 nitrogen and oxygen atoms in total. The fraction of sp³-hybridized carbons (Fsp3) is 0.727. The minimum atomic E-state index is -3.85. The van der Waals surface area contributed by atoms with Crippen molar-refractivity contribution in [1.29, 1.82) is 0 Å². The highest BCUT2D eigenvalue weighted by molar-refractivity contribution is 7.89. The SMILES string of the molecule is O=S1(=O)NC[C@H](O)CN(CC2CCCC2)CC2(COc3ccccc31)C[C@@H](O)[C@@H](O)C2. The molecule has 174 valence electrons. The Labute approximate surface area is 184 Å². The van der Waals surface area contributed by atoms with E-state index in [-0.39, 0.29) is 23.8 Å². The number of aliphatic hydroxyl groups excluding tert-OH is 3. The van der Waals surface area contributed by atoms with Gasteiger partial charge in [-0.2, -0.15) is 0 Å². The van der Waals surface area contributed by atoms with Crippen molar-refractivity contribution in [2.75, 3.05) is 32.8 Å². The lowest BCUT2D eigenvalue weighted by Gasteiger charge is -2.38. The number of nitrogens with one attached hydrogen (secondary N) is 1. The van der Waals surface area contributed by atoms with Gasteiger partial charge in [0.1, 0.15) is 10.6 Å². The predicted octanol–water partition coefficient (Wildman–Crippen LogP) is 0.712. The van der Waals surface area contributed by atoms with Gasteiger partial charge in [0, 0.05) is 31.6 Å². The summed E-state index contributed by atoms with van der Waals surface area (Å²) >= 11 is 0. The van der Waals surface area contributed by atoms with Gasteiger partial charge in [-0.25, -0.2) is 13.1 Å². The van der Waals surface area contributed by atoms with Gasteiger partial charge < -0.3 is 20.1 Å². The molecular formula is C22H34N2O6S. The maximum atomic E-state index is 12.8. The molecule has 31 heavy (non-hydrogen) atoms. The van der Waals surface area contributed by atoms with Crippen LogP contribution in [0.25, 0.3) is 0 Å². The molecule has 0 saturated heterocycles. The molecule has 0 aromatic heterocycles. The molecule has 0 amide bonds. The number of benzene rings is 1. The average molecular weight is 455 g/mol. The molecule has 2 aliphatic carbocycles. The largest absolute Gasteiger partial charge is 0.492 e. The van der Waals surface area contributed by atoms with Gasteiger partial charge in [-0.1, -0.05) is 25.0 Å². The normalized spacial score (nSPS) is 35.3. The summed E-state index contributed by atoms with van der Waals surface area (Å²) in [5.41, 5.74) is -0.527. The number of hydrogen-bond acceptors (Lipinski definition) is 7. The lowest BCUT2D eigenvalue weighted by atomic mass is 9.85. The molecular weight excluding hydrogens is 420 g/mol. The predicted molar refractivity (Wildman–Crippen MR) is 115 cm³/mol. The minimum absolute atomic E-state index is 0.0276. The zero-order valence-corrected chi connectivity index (χ0v) is 18.6. The van der Waals surface area contributed by atoms with Crippen LogP contribution in [0.5, 0.6) is 5.75 Å². The average Bonchev–Trinajstić information content (AvgIpc) is 3.32. The highest BCUT2D eigenvalue weighted by Gasteiger charge is 2.46. The second-order valence-electron chi connectivity index (χ2n) is 9.63. The second kappa shape index (κ2) is 9.33. The Bertz CT molecular complexity index is 847. The first-order valence-corrected chi connectivity index (χ1v) is 12.7. The van der Waals surface area contributed by atoms with E-state index < -0.39 is 33.8 Å². The van der Waals surface area contributed by atoms with Crippen LogP contribution in [0.4, 0.5) is 0 Å². The van der Waals surface area contributed by atoms with Crippen molar-refractivity contribution in [2.45, 2.75) is 61.7 Å². The van der Waals surface area contributed by atoms with Crippen molar-refractivity contribution < 1.29 is 28.5 Å². The van der Waals surface area contributed by atoms with Crippen LogP contribution in [-0.4, -0.2) is 79.7 Å². The molecule has 1 unspecified atom stereocenters. The van der Waals surface area contributed by atoms with Gasteiger partial charge in [-0.3, -0.25) is 4.90 Å². The van der Waals surface area contributed by atoms with Crippen LogP contribution in [-0.2, 0) is 10.0 Å². The Balaban J connectivity index is 1.65. The van der Waals surface area contributed by atoms with Crippen LogP contribution in [0.1, 0.15) is 38.5 Å². The van der Waals surface area contributed by atoms with Gasteiger partial charge in [-0.05, 0) is 43.7 Å². The Hall–Kier alpha value is -1.23. The molecule has 2 fully saturated rings. The molecule has 9 heteroatoms. The van der Waals surface area contributed by atoms with Crippen LogP contribution in [0, 0.1) is 11.3 Å². The highest BCUT2D eigenvalue weighted by atomic mass is 32.2. The summed E-state index contributed by atoms with van der Waals surface area (Å²) in [6.45, 7) is 1.81. The summed E-state index contributed by atoms with van der Waals surface area (Å²) in [5.74, 6) is 0.786. The fourth-order valence-electron chi connectivity index (χ4n) is 5.44. The lowest BCUT2D eigenvalue weighted by Crippen LogP contribution is -2.48. The van der Waals surface area contributed by atoms with Crippen LogP contribution in [0.2, 0.25) is 0 Å². The zero-order valence-electron chi connectivity index (χ0n) is 17.8. The first kappa shape index (κ1) is 22.9. The summed E-state index contributed by atoms with van der Waals surface area (Å²) in [6, 6.07) is 6.44. The second-order valence-corrected chi connectivity index (χ2v) is 11.4. The number of sulfonamides is 1. The molecule has 3 aliphatic rings. The Morgan fingerprint density at radius 1 is 1.10 bits per heavy atom. The van der Waals surface area contributed by atoms with Crippen LogP contribution < -0.4 is 9.46 Å². The summed E-state index contributed by atoms with van der Waals surface area (Å²) < 4.78 is 34.2. The lowest BCUT2D eigenvalue weighted by molar-refractivity contribution is 0.0394. The number of aliphatic hydroxyl groups is 3. The number of fused-ring (bicyclic) bond motifs is 1. The van der Waals surface area contributed by atoms with Gasteiger partial charge in [-0.15, -0.1) is 0 Å². The molecule has 1 aromatic rings. The first-order valence-electron chi connectivity index (χ1n) is 11.2. The Kier molecular flexibility index (Phi) is 6.90. The topological polar surface area (TPSA) is 119 Å². The molecule has 4 rings (SSSR count). The molecule has 1 aliphatic heterocycles. The Morgan fingerprint density at radius 3 is 2.48 bits per heavy atom.